The molecule has 3 N–H and O–H groups in total. The number of carbonyl (C=O) groups excluding carboxylic acids is 2. The van der Waals surface area contributed by atoms with Crippen LogP contribution < -0.4 is 15.4 Å². The molecule has 3 aromatic rings. The van der Waals surface area contributed by atoms with Gasteiger partial charge in [0.15, 0.2) is 0 Å². The summed E-state index contributed by atoms with van der Waals surface area (Å²) in [7, 11) is -4.26. The molecule has 0 aromatic heterocycles. The maximum absolute atomic E-state index is 13.6. The molecule has 0 aliphatic carbocycles. The van der Waals surface area contributed by atoms with Gasteiger partial charge in [-0.15, -0.1) is 13.2 Å². The fraction of sp³-hybridized carbons (Fsp3) is 0.273. The van der Waals surface area contributed by atoms with Crippen LogP contribution in [0.15, 0.2) is 96.6 Å². The molecular weight excluding hydrogens is 666 g/mol. The number of benzene rings is 3. The SMILES string of the molecule is C/C=C(\C=C/C(C)C(=O)NCCS(=O)(=O)O)CC(C(=O)Nc1ccc(-c2ccc(OC(F)(F)F)cc2)cc1)c1ccc(C(F)(F)F)cc1. The van der Waals surface area contributed by atoms with Gasteiger partial charge in [0.1, 0.15) is 5.75 Å². The van der Waals surface area contributed by atoms with E-state index in [1.165, 1.54) is 30.3 Å². The van der Waals surface area contributed by atoms with E-state index < -0.39 is 57.6 Å². The van der Waals surface area contributed by atoms with Gasteiger partial charge in [0.05, 0.1) is 23.2 Å². The number of hydrogen-bond acceptors (Lipinski definition) is 5. The van der Waals surface area contributed by atoms with Crippen molar-refractivity contribution in [1.82, 2.24) is 5.32 Å². The molecule has 0 heterocycles. The predicted molar refractivity (Wildman–Crippen MR) is 167 cm³/mol. The second-order valence-electron chi connectivity index (χ2n) is 10.6. The molecule has 258 valence electrons. The van der Waals surface area contributed by atoms with Gasteiger partial charge in [-0.05, 0) is 66.4 Å². The summed E-state index contributed by atoms with van der Waals surface area (Å²) in [6.07, 6.45) is -4.61. The van der Waals surface area contributed by atoms with Gasteiger partial charge < -0.3 is 15.4 Å². The highest BCUT2D eigenvalue weighted by Gasteiger charge is 2.32. The normalized spacial score (nSPS) is 14.0. The van der Waals surface area contributed by atoms with E-state index in [0.29, 0.717) is 28.0 Å². The molecule has 0 saturated heterocycles. The Morgan fingerprint density at radius 2 is 1.44 bits per heavy atom. The summed E-state index contributed by atoms with van der Waals surface area (Å²) in [6, 6.07) is 15.8. The highest BCUT2D eigenvalue weighted by Crippen LogP contribution is 2.33. The smallest absolute Gasteiger partial charge is 0.406 e. The van der Waals surface area contributed by atoms with Gasteiger partial charge in [-0.3, -0.25) is 14.1 Å². The van der Waals surface area contributed by atoms with Crippen molar-refractivity contribution in [3.63, 3.8) is 0 Å². The number of amides is 2. The van der Waals surface area contributed by atoms with Crippen LogP contribution >= 0.6 is 0 Å². The van der Waals surface area contributed by atoms with E-state index in [-0.39, 0.29) is 18.7 Å². The first-order valence-electron chi connectivity index (χ1n) is 14.3. The van der Waals surface area contributed by atoms with Crippen molar-refractivity contribution in [2.24, 2.45) is 5.92 Å². The Hall–Kier alpha value is -4.63. The van der Waals surface area contributed by atoms with E-state index in [4.69, 9.17) is 4.55 Å². The van der Waals surface area contributed by atoms with Crippen LogP contribution in [0.3, 0.4) is 0 Å². The average Bonchev–Trinajstić information content (AvgIpc) is 3.00. The van der Waals surface area contributed by atoms with E-state index in [0.717, 1.165) is 24.3 Å². The highest BCUT2D eigenvalue weighted by atomic mass is 32.2. The van der Waals surface area contributed by atoms with Gasteiger partial charge >= 0.3 is 12.5 Å². The van der Waals surface area contributed by atoms with Crippen molar-refractivity contribution >= 4 is 27.6 Å². The molecule has 15 heteroatoms. The highest BCUT2D eigenvalue weighted by molar-refractivity contribution is 7.85. The molecule has 0 spiro atoms. The van der Waals surface area contributed by atoms with Crippen LogP contribution in [0.2, 0.25) is 0 Å². The second-order valence-corrected chi connectivity index (χ2v) is 12.2. The number of halogens is 6. The molecule has 0 bridgehead atoms. The van der Waals surface area contributed by atoms with E-state index in [2.05, 4.69) is 15.4 Å². The largest absolute Gasteiger partial charge is 0.573 e. The Balaban J connectivity index is 1.78. The Morgan fingerprint density at radius 1 is 0.875 bits per heavy atom. The van der Waals surface area contributed by atoms with Crippen LogP contribution in [0.1, 0.15) is 37.3 Å². The third-order valence-corrected chi connectivity index (χ3v) is 7.73. The Labute approximate surface area is 273 Å². The maximum Gasteiger partial charge on any atom is 0.573 e. The van der Waals surface area contributed by atoms with Crippen molar-refractivity contribution in [1.29, 1.82) is 0 Å². The standard InChI is InChI=1S/C33H32F6N2O6S/c1-3-22(5-4-21(2)30(42)40-18-19-48(44,45)46)20-29(25-6-12-26(13-7-25)32(34,35)36)31(43)41-27-14-8-23(9-15-27)24-10-16-28(17-11-24)47-33(37,38)39/h3-17,21,29H,18-20H2,1-2H3,(H,40,42)(H,41,43)(H,44,45,46)/b5-4-,22-3+. The topological polar surface area (TPSA) is 122 Å². The number of anilines is 1. The first kappa shape index (κ1) is 37.8. The van der Waals surface area contributed by atoms with Crippen LogP contribution in [0, 0.1) is 5.92 Å². The van der Waals surface area contributed by atoms with Crippen molar-refractivity contribution < 1.29 is 53.6 Å². The summed E-state index contributed by atoms with van der Waals surface area (Å²) in [5.74, 6) is -3.80. The minimum Gasteiger partial charge on any atom is -0.406 e. The lowest BCUT2D eigenvalue weighted by Crippen LogP contribution is -2.32. The lowest BCUT2D eigenvalue weighted by molar-refractivity contribution is -0.274. The summed E-state index contributed by atoms with van der Waals surface area (Å²) in [6.45, 7) is 2.92. The lowest BCUT2D eigenvalue weighted by Gasteiger charge is -2.19. The molecule has 2 atom stereocenters. The monoisotopic (exact) mass is 698 g/mol. The molecule has 8 nitrogen and oxygen atoms in total. The number of hydrogen-bond donors (Lipinski definition) is 3. The number of allylic oxidation sites excluding steroid dienone is 3. The van der Waals surface area contributed by atoms with E-state index in [1.807, 2.05) is 0 Å². The molecule has 2 amide bonds. The van der Waals surface area contributed by atoms with Gasteiger partial charge in [0.2, 0.25) is 11.8 Å². The summed E-state index contributed by atoms with van der Waals surface area (Å²) in [5.41, 5.74) is 1.53. The van der Waals surface area contributed by atoms with Crippen LogP contribution in [-0.4, -0.2) is 43.4 Å². The Bertz CT molecular complexity index is 1720. The lowest BCUT2D eigenvalue weighted by atomic mass is 9.89. The van der Waals surface area contributed by atoms with Crippen molar-refractivity contribution in [2.45, 2.75) is 38.7 Å². The number of rotatable bonds is 13. The van der Waals surface area contributed by atoms with Crippen LogP contribution in [-0.2, 0) is 25.9 Å². The Kier molecular flexibility index (Phi) is 12.6. The third-order valence-electron chi connectivity index (χ3n) is 7.01. The molecule has 0 saturated carbocycles. The summed E-state index contributed by atoms with van der Waals surface area (Å²) >= 11 is 0. The molecule has 0 fully saturated rings. The molecule has 3 aromatic carbocycles. The molecule has 0 radical (unpaired) electrons. The van der Waals surface area contributed by atoms with Gasteiger partial charge in [-0.25, -0.2) is 0 Å². The quantitative estimate of drug-likeness (QED) is 0.0965. The van der Waals surface area contributed by atoms with Crippen molar-refractivity contribution in [3.05, 3.63) is 108 Å². The average molecular weight is 699 g/mol. The fourth-order valence-electron chi connectivity index (χ4n) is 4.43. The zero-order valence-corrected chi connectivity index (χ0v) is 26.4. The summed E-state index contributed by atoms with van der Waals surface area (Å²) < 4.78 is 111. The molecule has 48 heavy (non-hydrogen) atoms. The maximum atomic E-state index is 13.6. The Morgan fingerprint density at radius 3 is 1.94 bits per heavy atom. The molecular formula is C33H32F6N2O6S. The predicted octanol–water partition coefficient (Wildman–Crippen LogP) is 7.53. The van der Waals surface area contributed by atoms with Crippen molar-refractivity contribution in [3.8, 4) is 16.9 Å². The zero-order chi connectivity index (χ0) is 35.7. The van der Waals surface area contributed by atoms with Gasteiger partial charge in [-0.1, -0.05) is 67.1 Å². The van der Waals surface area contributed by atoms with Crippen LogP contribution in [0.5, 0.6) is 5.75 Å². The second kappa shape index (κ2) is 16.0. The fourth-order valence-corrected chi connectivity index (χ4v) is 4.79. The third kappa shape index (κ3) is 12.2. The molecule has 2 unspecified atom stereocenters. The molecule has 3 rings (SSSR count). The minimum absolute atomic E-state index is 0.0335. The number of nitrogens with one attached hydrogen (secondary N) is 2. The van der Waals surface area contributed by atoms with Crippen LogP contribution in [0.25, 0.3) is 11.1 Å². The van der Waals surface area contributed by atoms with E-state index >= 15 is 0 Å². The van der Waals surface area contributed by atoms with Crippen molar-refractivity contribution in [2.75, 3.05) is 17.6 Å². The zero-order valence-electron chi connectivity index (χ0n) is 25.6. The van der Waals surface area contributed by atoms with E-state index in [1.54, 1.807) is 50.3 Å². The van der Waals surface area contributed by atoms with Gasteiger partial charge in [-0.2, -0.15) is 21.6 Å². The van der Waals surface area contributed by atoms with Crippen LogP contribution in [0.4, 0.5) is 32.0 Å². The first-order chi connectivity index (χ1) is 22.3. The molecule has 0 aliphatic rings. The van der Waals surface area contributed by atoms with Gasteiger partial charge in [0, 0.05) is 12.2 Å². The first-order valence-corrected chi connectivity index (χ1v) is 16.0. The number of carbonyl (C=O) groups is 2. The van der Waals surface area contributed by atoms with Gasteiger partial charge in [0.25, 0.3) is 10.1 Å². The number of alkyl halides is 6. The number of ether oxygens (including phenoxy) is 1. The van der Waals surface area contributed by atoms with E-state index in [9.17, 15) is 44.3 Å². The summed E-state index contributed by atoms with van der Waals surface area (Å²) in [4.78, 5) is 25.9. The minimum atomic E-state index is -4.83. The molecule has 0 aliphatic heterocycles. The summed E-state index contributed by atoms with van der Waals surface area (Å²) in [5, 5.41) is 5.14.